The third kappa shape index (κ3) is 8.15. The van der Waals surface area contributed by atoms with Crippen molar-refractivity contribution < 1.29 is 9.53 Å². The van der Waals surface area contributed by atoms with Crippen molar-refractivity contribution in [3.63, 3.8) is 0 Å². The fraction of sp³-hybridized carbons (Fsp3) is 0.938. The minimum atomic E-state index is 0.0302. The summed E-state index contributed by atoms with van der Waals surface area (Å²) in [6, 6.07) is 0. The molecule has 8 atom stereocenters. The van der Waals surface area contributed by atoms with Crippen molar-refractivity contribution in [3.05, 3.63) is 11.6 Å². The zero-order valence-electron chi connectivity index (χ0n) is 35.1. The van der Waals surface area contributed by atoms with Gasteiger partial charge in [0.2, 0.25) is 0 Å². The average Bonchev–Trinajstić information content (AvgIpc) is 3.05. The van der Waals surface area contributed by atoms with Gasteiger partial charge in [0.15, 0.2) is 0 Å². The highest BCUT2D eigenvalue weighted by Crippen LogP contribution is 2.75. The van der Waals surface area contributed by atoms with E-state index < -0.39 is 0 Å². The summed E-state index contributed by atoms with van der Waals surface area (Å²) in [5.74, 6) is 2.18. The number of unbranched alkanes of at least 4 members (excludes halogenated alkanes) is 14. The number of hydrogen-bond acceptors (Lipinski definition) is 2. The van der Waals surface area contributed by atoms with Crippen molar-refractivity contribution in [2.45, 2.75) is 235 Å². The largest absolute Gasteiger partial charge is 0.462 e. The van der Waals surface area contributed by atoms with Gasteiger partial charge in [-0.25, -0.2) is 0 Å². The van der Waals surface area contributed by atoms with Gasteiger partial charge in [-0.05, 0) is 115 Å². The molecule has 0 aliphatic heterocycles. The van der Waals surface area contributed by atoms with Crippen molar-refractivity contribution >= 4 is 5.97 Å². The van der Waals surface area contributed by atoms with Crippen LogP contribution in [0.25, 0.3) is 0 Å². The van der Waals surface area contributed by atoms with Crippen LogP contribution in [-0.4, -0.2) is 12.1 Å². The Balaban J connectivity index is 1.07. The summed E-state index contributed by atoms with van der Waals surface area (Å²) >= 11 is 0. The Labute approximate surface area is 311 Å². The molecule has 4 fully saturated rings. The van der Waals surface area contributed by atoms with Crippen LogP contribution in [0.1, 0.15) is 229 Å². The van der Waals surface area contributed by atoms with Gasteiger partial charge in [0, 0.05) is 11.8 Å². The van der Waals surface area contributed by atoms with Crippen LogP contribution in [0, 0.1) is 50.2 Å². The molecule has 0 saturated heterocycles. The molecule has 8 unspecified atom stereocenters. The second-order valence-corrected chi connectivity index (χ2v) is 21.4. The summed E-state index contributed by atoms with van der Waals surface area (Å²) < 4.78 is 6.43. The Morgan fingerprint density at radius 1 is 0.660 bits per heavy atom. The molecule has 0 aromatic rings. The number of allylic oxidation sites excluding steroid dienone is 2. The van der Waals surface area contributed by atoms with E-state index in [-0.39, 0.29) is 17.5 Å². The van der Waals surface area contributed by atoms with Crippen LogP contribution in [0.4, 0.5) is 0 Å². The Morgan fingerprint density at radius 3 is 1.82 bits per heavy atom. The first-order valence-electron chi connectivity index (χ1n) is 22.5. The maximum absolute atomic E-state index is 13.2. The van der Waals surface area contributed by atoms with Crippen LogP contribution < -0.4 is 0 Å². The van der Waals surface area contributed by atoms with E-state index in [0.29, 0.717) is 39.4 Å². The molecular weight excluding hydrogens is 609 g/mol. The van der Waals surface area contributed by atoms with Gasteiger partial charge in [0.25, 0.3) is 0 Å². The predicted molar refractivity (Wildman–Crippen MR) is 214 cm³/mol. The molecule has 0 aromatic heterocycles. The van der Waals surface area contributed by atoms with E-state index in [1.165, 1.54) is 148 Å². The highest BCUT2D eigenvalue weighted by atomic mass is 16.5. The lowest BCUT2D eigenvalue weighted by Gasteiger charge is -2.71. The smallest absolute Gasteiger partial charge is 0.306 e. The lowest BCUT2D eigenvalue weighted by Crippen LogP contribution is -2.64. The number of ether oxygens (including phenoxy) is 1. The summed E-state index contributed by atoms with van der Waals surface area (Å²) in [5.41, 5.74) is 3.87. The Bertz CT molecular complexity index is 1150. The molecule has 50 heavy (non-hydrogen) atoms. The van der Waals surface area contributed by atoms with Crippen LogP contribution in [0.3, 0.4) is 0 Å². The van der Waals surface area contributed by atoms with Crippen molar-refractivity contribution in [3.8, 4) is 0 Å². The predicted octanol–water partition coefficient (Wildman–Crippen LogP) is 15.0. The molecule has 288 valence electrons. The van der Waals surface area contributed by atoms with E-state index >= 15 is 0 Å². The second kappa shape index (κ2) is 16.3. The van der Waals surface area contributed by atoms with Gasteiger partial charge in [-0.3, -0.25) is 4.79 Å². The van der Waals surface area contributed by atoms with E-state index in [9.17, 15) is 4.79 Å². The molecule has 0 N–H and O–H groups in total. The first-order valence-corrected chi connectivity index (χ1v) is 22.5. The van der Waals surface area contributed by atoms with Gasteiger partial charge in [-0.15, -0.1) is 0 Å². The van der Waals surface area contributed by atoms with Crippen LogP contribution in [-0.2, 0) is 9.53 Å². The maximum atomic E-state index is 13.2. The molecule has 0 heterocycles. The van der Waals surface area contributed by atoms with E-state index in [1.807, 2.05) is 5.57 Å². The van der Waals surface area contributed by atoms with Gasteiger partial charge in [-0.1, -0.05) is 164 Å². The van der Waals surface area contributed by atoms with E-state index in [4.69, 9.17) is 4.74 Å². The second-order valence-electron chi connectivity index (χ2n) is 21.4. The van der Waals surface area contributed by atoms with Crippen LogP contribution >= 0.6 is 0 Å². The number of hydrogen-bond donors (Lipinski definition) is 0. The van der Waals surface area contributed by atoms with Gasteiger partial charge >= 0.3 is 5.97 Å². The number of carbonyl (C=O) groups is 1. The van der Waals surface area contributed by atoms with Crippen LogP contribution in [0.5, 0.6) is 0 Å². The molecule has 4 saturated carbocycles. The van der Waals surface area contributed by atoms with Crippen LogP contribution in [0.15, 0.2) is 11.6 Å². The monoisotopic (exact) mass is 693 g/mol. The molecule has 5 aliphatic rings. The Morgan fingerprint density at radius 2 is 1.22 bits per heavy atom. The third-order valence-corrected chi connectivity index (χ3v) is 17.3. The zero-order chi connectivity index (χ0) is 36.3. The van der Waals surface area contributed by atoms with Gasteiger partial charge in [0.05, 0.1) is 0 Å². The summed E-state index contributed by atoms with van der Waals surface area (Å²) in [6.07, 6.45) is 36.9. The van der Waals surface area contributed by atoms with E-state index in [1.54, 1.807) is 0 Å². The maximum Gasteiger partial charge on any atom is 0.306 e. The van der Waals surface area contributed by atoms with Crippen molar-refractivity contribution in [2.24, 2.45) is 50.2 Å². The normalized spacial score (nSPS) is 38.6. The lowest BCUT2D eigenvalue weighted by atomic mass is 9.33. The highest BCUT2D eigenvalue weighted by Gasteiger charge is 2.68. The molecule has 2 heteroatoms. The lowest BCUT2D eigenvalue weighted by molar-refractivity contribution is -0.212. The first-order chi connectivity index (χ1) is 23.6. The third-order valence-electron chi connectivity index (χ3n) is 17.3. The molecule has 0 radical (unpaired) electrons. The minimum Gasteiger partial charge on any atom is -0.462 e. The molecule has 5 aliphatic carbocycles. The number of fused-ring (bicyclic) bond motifs is 7. The topological polar surface area (TPSA) is 26.3 Å². The quantitative estimate of drug-likeness (QED) is 0.0861. The zero-order valence-corrected chi connectivity index (χ0v) is 35.1. The van der Waals surface area contributed by atoms with E-state index in [2.05, 4.69) is 68.4 Å². The Kier molecular flexibility index (Phi) is 13.2. The Hall–Kier alpha value is -0.790. The molecular formula is C48H84O2. The molecule has 0 bridgehead atoms. The minimum absolute atomic E-state index is 0.0302. The van der Waals surface area contributed by atoms with Gasteiger partial charge in [-0.2, -0.15) is 0 Å². The summed E-state index contributed by atoms with van der Waals surface area (Å²) in [5, 5.41) is 0. The fourth-order valence-corrected chi connectivity index (χ4v) is 13.6. The molecule has 0 aromatic carbocycles. The first kappa shape index (κ1) is 40.4. The average molecular weight is 693 g/mol. The standard InChI is InChI=1S/C48H84O2/c1-10-11-12-13-14-15-16-17-18-19-20-21-22-23-24-25-42(49)50-41-29-30-46(7)39(44(41,4)5)28-31-48(9)40(46)27-26-37-38-36-43(2,3)32-33-45(38,6)34-35-47(37,48)8/h26,38-41H,10-25,27-36H2,1-9H3. The van der Waals surface area contributed by atoms with Gasteiger partial charge in [0.1, 0.15) is 6.10 Å². The molecule has 0 spiro atoms. The molecule has 5 rings (SSSR count). The highest BCUT2D eigenvalue weighted by molar-refractivity contribution is 5.69. The molecule has 2 nitrogen and oxygen atoms in total. The van der Waals surface area contributed by atoms with Crippen molar-refractivity contribution in [2.75, 3.05) is 0 Å². The van der Waals surface area contributed by atoms with Gasteiger partial charge < -0.3 is 4.74 Å². The number of carbonyl (C=O) groups excluding carboxylic acids is 1. The number of esters is 1. The van der Waals surface area contributed by atoms with Crippen LogP contribution in [0.2, 0.25) is 0 Å². The van der Waals surface area contributed by atoms with E-state index in [0.717, 1.165) is 24.7 Å². The summed E-state index contributed by atoms with van der Waals surface area (Å²) in [4.78, 5) is 13.2. The number of rotatable bonds is 17. The van der Waals surface area contributed by atoms with Crippen molar-refractivity contribution in [1.29, 1.82) is 0 Å². The SMILES string of the molecule is CCCCCCCCCCCCCCCCCC(=O)OC1CCC2(C)C(CCC3(C)C2CC=C2C4CC(C)(C)CCC4(C)CCC23C)C1(C)C. The summed E-state index contributed by atoms with van der Waals surface area (Å²) in [6.45, 7) is 23.1. The summed E-state index contributed by atoms with van der Waals surface area (Å²) in [7, 11) is 0. The molecule has 0 amide bonds. The van der Waals surface area contributed by atoms with Crippen molar-refractivity contribution in [1.82, 2.24) is 0 Å². The fourth-order valence-electron chi connectivity index (χ4n) is 13.6.